The normalized spacial score (nSPS) is 17.9. The van der Waals surface area contributed by atoms with Crippen LogP contribution in [0.15, 0.2) is 47.7 Å². The van der Waals surface area contributed by atoms with Crippen molar-refractivity contribution in [3.05, 3.63) is 47.7 Å². The van der Waals surface area contributed by atoms with Crippen LogP contribution in [0.2, 0.25) is 5.02 Å². The van der Waals surface area contributed by atoms with E-state index in [2.05, 4.69) is 46.7 Å². The minimum absolute atomic E-state index is 0. The summed E-state index contributed by atoms with van der Waals surface area (Å²) in [5.74, 6) is 1.50. The Hall–Kier alpha value is -1.85. The van der Waals surface area contributed by atoms with Crippen molar-refractivity contribution < 1.29 is 0 Å². The Morgan fingerprint density at radius 2 is 1.53 bits per heavy atom. The molecule has 0 saturated carbocycles. The number of nitrogens with two attached hydrogens (primary N) is 1. The van der Waals surface area contributed by atoms with Gasteiger partial charge >= 0.3 is 0 Å². The van der Waals surface area contributed by atoms with Gasteiger partial charge < -0.3 is 20.4 Å². The van der Waals surface area contributed by atoms with Crippen molar-refractivity contribution in [2.45, 2.75) is 6.42 Å². The average Bonchev–Trinajstić information content (AvgIpc) is 2.83. The number of aromatic nitrogens is 2. The Balaban J connectivity index is 0.00000289. The molecule has 0 bridgehead atoms. The van der Waals surface area contributed by atoms with E-state index < -0.39 is 0 Å². The standard InChI is InChI=1S/C22H31ClN8.HI/c23-19-3-5-20(6-4-19)29-15-17-30(18-16-29)21(24)25-9-2-10-28-11-13-31(14-12-28)22-26-7-1-8-27-22;/h1,3-8H,2,9-18H2,(H2,24,25);1H. The molecule has 0 atom stereocenters. The van der Waals surface area contributed by atoms with Gasteiger partial charge in [-0.2, -0.15) is 0 Å². The van der Waals surface area contributed by atoms with Crippen LogP contribution in [-0.4, -0.2) is 91.2 Å². The Labute approximate surface area is 212 Å². The molecule has 1 aromatic heterocycles. The number of hydrogen-bond acceptors (Lipinski definition) is 6. The number of guanidine groups is 1. The predicted molar refractivity (Wildman–Crippen MR) is 142 cm³/mol. The van der Waals surface area contributed by atoms with Crippen LogP contribution in [0.5, 0.6) is 0 Å². The molecule has 10 heteroatoms. The van der Waals surface area contributed by atoms with Crippen LogP contribution in [0.3, 0.4) is 0 Å². The molecular formula is C22H32ClIN8. The molecule has 2 saturated heterocycles. The summed E-state index contributed by atoms with van der Waals surface area (Å²) >= 11 is 5.99. The summed E-state index contributed by atoms with van der Waals surface area (Å²) in [6.45, 7) is 9.47. The monoisotopic (exact) mass is 570 g/mol. The molecule has 32 heavy (non-hydrogen) atoms. The fourth-order valence-electron chi connectivity index (χ4n) is 4.06. The van der Waals surface area contributed by atoms with Crippen molar-refractivity contribution in [3.8, 4) is 0 Å². The fourth-order valence-corrected chi connectivity index (χ4v) is 4.19. The van der Waals surface area contributed by atoms with Gasteiger partial charge in [0.2, 0.25) is 5.95 Å². The van der Waals surface area contributed by atoms with Crippen molar-refractivity contribution in [1.29, 1.82) is 0 Å². The van der Waals surface area contributed by atoms with Crippen LogP contribution in [-0.2, 0) is 0 Å². The van der Waals surface area contributed by atoms with Gasteiger partial charge in [-0.1, -0.05) is 11.6 Å². The Kier molecular flexibility index (Phi) is 9.61. The molecule has 0 radical (unpaired) electrons. The summed E-state index contributed by atoms with van der Waals surface area (Å²) in [5.41, 5.74) is 7.47. The third-order valence-electron chi connectivity index (χ3n) is 5.91. The quantitative estimate of drug-likeness (QED) is 0.247. The zero-order valence-electron chi connectivity index (χ0n) is 18.3. The molecule has 4 rings (SSSR count). The molecule has 2 aliphatic heterocycles. The topological polar surface area (TPSA) is 77.1 Å². The zero-order chi connectivity index (χ0) is 21.5. The van der Waals surface area contributed by atoms with Crippen LogP contribution >= 0.6 is 35.6 Å². The van der Waals surface area contributed by atoms with Gasteiger partial charge in [-0.25, -0.2) is 9.97 Å². The highest BCUT2D eigenvalue weighted by Crippen LogP contribution is 2.19. The summed E-state index contributed by atoms with van der Waals surface area (Å²) in [7, 11) is 0. The van der Waals surface area contributed by atoms with E-state index in [0.29, 0.717) is 5.96 Å². The van der Waals surface area contributed by atoms with E-state index in [1.807, 2.05) is 18.2 Å². The van der Waals surface area contributed by atoms with E-state index in [0.717, 1.165) is 82.8 Å². The van der Waals surface area contributed by atoms with Gasteiger partial charge in [0.05, 0.1) is 0 Å². The van der Waals surface area contributed by atoms with Gasteiger partial charge in [0.1, 0.15) is 0 Å². The Morgan fingerprint density at radius 3 is 2.19 bits per heavy atom. The second-order valence-corrected chi connectivity index (χ2v) is 8.36. The van der Waals surface area contributed by atoms with Crippen LogP contribution in [0.4, 0.5) is 11.6 Å². The van der Waals surface area contributed by atoms with Crippen molar-refractivity contribution in [3.63, 3.8) is 0 Å². The second kappa shape index (κ2) is 12.4. The van der Waals surface area contributed by atoms with Gasteiger partial charge in [-0.05, 0) is 36.8 Å². The molecule has 3 heterocycles. The number of hydrogen-bond donors (Lipinski definition) is 1. The minimum atomic E-state index is 0. The number of anilines is 2. The minimum Gasteiger partial charge on any atom is -0.370 e. The highest BCUT2D eigenvalue weighted by Gasteiger charge is 2.19. The molecule has 0 spiro atoms. The number of nitrogens with zero attached hydrogens (tertiary/aromatic N) is 7. The van der Waals surface area contributed by atoms with E-state index in [9.17, 15) is 0 Å². The molecule has 2 N–H and O–H groups in total. The predicted octanol–water partition coefficient (Wildman–Crippen LogP) is 2.40. The lowest BCUT2D eigenvalue weighted by molar-refractivity contribution is 0.255. The number of benzene rings is 1. The molecule has 0 amide bonds. The van der Waals surface area contributed by atoms with Gasteiger partial charge in [0.25, 0.3) is 0 Å². The number of halogens is 2. The first-order chi connectivity index (χ1) is 15.2. The first-order valence-corrected chi connectivity index (χ1v) is 11.4. The van der Waals surface area contributed by atoms with E-state index in [-0.39, 0.29) is 24.0 Å². The van der Waals surface area contributed by atoms with Crippen LogP contribution in [0, 0.1) is 0 Å². The summed E-state index contributed by atoms with van der Waals surface area (Å²) in [5, 5.41) is 0.769. The zero-order valence-corrected chi connectivity index (χ0v) is 21.4. The maximum Gasteiger partial charge on any atom is 0.225 e. The van der Waals surface area contributed by atoms with Crippen LogP contribution < -0.4 is 15.5 Å². The lowest BCUT2D eigenvalue weighted by Gasteiger charge is -2.36. The summed E-state index contributed by atoms with van der Waals surface area (Å²) in [6, 6.07) is 9.87. The van der Waals surface area contributed by atoms with Gasteiger partial charge in [-0.15, -0.1) is 24.0 Å². The SMILES string of the molecule is I.NC(=NCCCN1CCN(c2ncccn2)CC1)N1CCN(c2ccc(Cl)cc2)CC1. The van der Waals surface area contributed by atoms with Gasteiger partial charge in [-0.3, -0.25) is 9.89 Å². The van der Waals surface area contributed by atoms with E-state index >= 15 is 0 Å². The average molecular weight is 571 g/mol. The lowest BCUT2D eigenvalue weighted by atomic mass is 10.2. The van der Waals surface area contributed by atoms with E-state index in [4.69, 9.17) is 17.3 Å². The molecular weight excluding hydrogens is 539 g/mol. The lowest BCUT2D eigenvalue weighted by Crippen LogP contribution is -2.51. The van der Waals surface area contributed by atoms with Crippen molar-refractivity contribution >= 4 is 53.2 Å². The highest BCUT2D eigenvalue weighted by atomic mass is 127. The molecule has 2 aliphatic rings. The largest absolute Gasteiger partial charge is 0.370 e. The van der Waals surface area contributed by atoms with Crippen molar-refractivity contribution in [2.75, 3.05) is 75.2 Å². The van der Waals surface area contributed by atoms with Crippen molar-refractivity contribution in [1.82, 2.24) is 19.8 Å². The molecule has 0 aliphatic carbocycles. The second-order valence-electron chi connectivity index (χ2n) is 7.92. The maximum atomic E-state index is 6.26. The molecule has 2 aromatic rings. The van der Waals surface area contributed by atoms with E-state index in [1.165, 1.54) is 5.69 Å². The molecule has 1 aromatic carbocycles. The summed E-state index contributed by atoms with van der Waals surface area (Å²) in [6.07, 6.45) is 4.62. The highest BCUT2D eigenvalue weighted by molar-refractivity contribution is 14.0. The van der Waals surface area contributed by atoms with Crippen LogP contribution in [0.1, 0.15) is 6.42 Å². The van der Waals surface area contributed by atoms with E-state index in [1.54, 1.807) is 12.4 Å². The number of rotatable bonds is 6. The molecule has 8 nitrogen and oxygen atoms in total. The Morgan fingerprint density at radius 1 is 0.906 bits per heavy atom. The summed E-state index contributed by atoms with van der Waals surface area (Å²) < 4.78 is 0. The van der Waals surface area contributed by atoms with Gasteiger partial charge in [0, 0.05) is 88.6 Å². The first kappa shape index (κ1) is 24.8. The maximum absolute atomic E-state index is 6.26. The number of aliphatic imine (C=N–C) groups is 1. The third-order valence-corrected chi connectivity index (χ3v) is 6.16. The first-order valence-electron chi connectivity index (χ1n) is 11.0. The van der Waals surface area contributed by atoms with Gasteiger partial charge in [0.15, 0.2) is 5.96 Å². The number of piperazine rings is 2. The molecule has 0 unspecified atom stereocenters. The fraction of sp³-hybridized carbons (Fsp3) is 0.500. The smallest absolute Gasteiger partial charge is 0.225 e. The molecule has 2 fully saturated rings. The van der Waals surface area contributed by atoms with Crippen LogP contribution in [0.25, 0.3) is 0 Å². The third kappa shape index (κ3) is 6.82. The van der Waals surface area contributed by atoms with Crippen molar-refractivity contribution in [2.24, 2.45) is 10.7 Å². The Bertz CT molecular complexity index is 835. The molecule has 174 valence electrons. The summed E-state index contributed by atoms with van der Waals surface area (Å²) in [4.78, 5) is 22.6.